The zero-order valence-corrected chi connectivity index (χ0v) is 10.9. The lowest BCUT2D eigenvalue weighted by atomic mass is 10.1. The zero-order valence-electron chi connectivity index (χ0n) is 10.9. The van der Waals surface area contributed by atoms with Crippen molar-refractivity contribution >= 4 is 11.9 Å². The molecule has 110 valence electrons. The van der Waals surface area contributed by atoms with Gasteiger partial charge < -0.3 is 15.1 Å². The van der Waals surface area contributed by atoms with Gasteiger partial charge in [0, 0.05) is 13.1 Å². The molecule has 7 heteroatoms. The lowest BCUT2D eigenvalue weighted by molar-refractivity contribution is 0.0665. The maximum Gasteiger partial charge on any atom is 0.336 e. The number of nitrogens with zero attached hydrogens (tertiary/aromatic N) is 1. The first-order chi connectivity index (χ1) is 9.42. The van der Waals surface area contributed by atoms with Gasteiger partial charge in [0.25, 0.3) is 5.91 Å². The number of carboxylic acids is 1. The van der Waals surface area contributed by atoms with Crippen LogP contribution in [0.15, 0.2) is 12.1 Å². The normalized spacial score (nSPS) is 10.4. The molecular formula is C13H15F2NO4. The van der Waals surface area contributed by atoms with E-state index in [1.165, 1.54) is 4.90 Å². The summed E-state index contributed by atoms with van der Waals surface area (Å²) in [5.74, 6) is -4.90. The van der Waals surface area contributed by atoms with E-state index in [-0.39, 0.29) is 19.7 Å². The van der Waals surface area contributed by atoms with E-state index in [9.17, 15) is 18.4 Å². The number of aliphatic hydroxyl groups excluding tert-OH is 1. The van der Waals surface area contributed by atoms with Gasteiger partial charge in [-0.1, -0.05) is 6.92 Å². The van der Waals surface area contributed by atoms with Crippen LogP contribution in [0.1, 0.15) is 34.1 Å². The van der Waals surface area contributed by atoms with E-state index in [4.69, 9.17) is 10.2 Å². The first-order valence-corrected chi connectivity index (χ1v) is 6.04. The summed E-state index contributed by atoms with van der Waals surface area (Å²) in [5, 5.41) is 17.9. The SMILES string of the molecule is CCCN(CCO)C(=O)c1cc(F)c(F)cc1C(=O)O. The van der Waals surface area contributed by atoms with Gasteiger partial charge >= 0.3 is 5.97 Å². The number of carbonyl (C=O) groups is 2. The summed E-state index contributed by atoms with van der Waals surface area (Å²) in [4.78, 5) is 24.4. The molecule has 1 rings (SSSR count). The summed E-state index contributed by atoms with van der Waals surface area (Å²) < 4.78 is 26.3. The summed E-state index contributed by atoms with van der Waals surface area (Å²) in [7, 11) is 0. The molecule has 0 aliphatic heterocycles. The van der Waals surface area contributed by atoms with Crippen LogP contribution >= 0.6 is 0 Å². The van der Waals surface area contributed by atoms with Gasteiger partial charge in [0.2, 0.25) is 0 Å². The quantitative estimate of drug-likeness (QED) is 0.831. The van der Waals surface area contributed by atoms with Crippen molar-refractivity contribution in [2.45, 2.75) is 13.3 Å². The van der Waals surface area contributed by atoms with Crippen molar-refractivity contribution in [1.82, 2.24) is 4.90 Å². The molecular weight excluding hydrogens is 272 g/mol. The van der Waals surface area contributed by atoms with E-state index in [1.54, 1.807) is 6.92 Å². The number of halogens is 2. The Morgan fingerprint density at radius 1 is 1.15 bits per heavy atom. The van der Waals surface area contributed by atoms with Gasteiger partial charge in [0.15, 0.2) is 11.6 Å². The molecule has 1 aromatic carbocycles. The maximum atomic E-state index is 13.2. The Kier molecular flexibility index (Phi) is 5.57. The van der Waals surface area contributed by atoms with Gasteiger partial charge in [-0.05, 0) is 18.6 Å². The molecule has 2 N–H and O–H groups in total. The van der Waals surface area contributed by atoms with Crippen LogP contribution in [0.25, 0.3) is 0 Å². The highest BCUT2D eigenvalue weighted by atomic mass is 19.2. The Bertz CT molecular complexity index is 513. The molecule has 0 bridgehead atoms. The molecule has 0 unspecified atom stereocenters. The smallest absolute Gasteiger partial charge is 0.336 e. The molecule has 0 aliphatic rings. The van der Waals surface area contributed by atoms with Crippen molar-refractivity contribution < 1.29 is 28.6 Å². The van der Waals surface area contributed by atoms with Crippen molar-refractivity contribution in [2.24, 2.45) is 0 Å². The second-order valence-electron chi connectivity index (χ2n) is 4.13. The number of carbonyl (C=O) groups excluding carboxylic acids is 1. The number of hydrogen-bond donors (Lipinski definition) is 2. The lowest BCUT2D eigenvalue weighted by Crippen LogP contribution is -2.35. The third kappa shape index (κ3) is 3.51. The zero-order chi connectivity index (χ0) is 15.3. The molecule has 0 atom stereocenters. The van der Waals surface area contributed by atoms with E-state index in [2.05, 4.69) is 0 Å². The van der Waals surface area contributed by atoms with Gasteiger partial charge in [-0.25, -0.2) is 13.6 Å². The predicted octanol–water partition coefficient (Wildman–Crippen LogP) is 1.51. The Morgan fingerprint density at radius 3 is 2.15 bits per heavy atom. The Labute approximate surface area is 114 Å². The molecule has 5 nitrogen and oxygen atoms in total. The van der Waals surface area contributed by atoms with Crippen molar-refractivity contribution in [2.75, 3.05) is 19.7 Å². The molecule has 0 spiro atoms. The third-order valence-electron chi connectivity index (χ3n) is 2.67. The monoisotopic (exact) mass is 287 g/mol. The highest BCUT2D eigenvalue weighted by molar-refractivity contribution is 6.04. The molecule has 0 aliphatic carbocycles. The minimum absolute atomic E-state index is 0.00920. The van der Waals surface area contributed by atoms with Crippen LogP contribution in [0.4, 0.5) is 8.78 Å². The molecule has 0 saturated carbocycles. The summed E-state index contributed by atoms with van der Waals surface area (Å²) in [5.41, 5.74) is -1.04. The van der Waals surface area contributed by atoms with Gasteiger partial charge in [-0.2, -0.15) is 0 Å². The van der Waals surface area contributed by atoms with E-state index in [0.29, 0.717) is 18.6 Å². The number of aromatic carboxylic acids is 1. The molecule has 0 heterocycles. The average Bonchev–Trinajstić information content (AvgIpc) is 2.40. The van der Waals surface area contributed by atoms with Gasteiger partial charge in [-0.3, -0.25) is 4.79 Å². The van der Waals surface area contributed by atoms with Gasteiger partial charge in [-0.15, -0.1) is 0 Å². The molecule has 0 radical (unpaired) electrons. The second kappa shape index (κ2) is 6.95. The third-order valence-corrected chi connectivity index (χ3v) is 2.67. The van der Waals surface area contributed by atoms with Crippen molar-refractivity contribution in [3.8, 4) is 0 Å². The fourth-order valence-electron chi connectivity index (χ4n) is 1.78. The Hall–Kier alpha value is -2.02. The van der Waals surface area contributed by atoms with E-state index < -0.39 is 34.6 Å². The molecule has 0 saturated heterocycles. The van der Waals surface area contributed by atoms with E-state index in [1.807, 2.05) is 0 Å². The standard InChI is InChI=1S/C13H15F2NO4/c1-2-3-16(4-5-17)12(18)8-6-10(14)11(15)7-9(8)13(19)20/h6-7,17H,2-5H2,1H3,(H,19,20). The molecule has 1 aromatic rings. The molecule has 0 aromatic heterocycles. The molecule has 0 fully saturated rings. The molecule has 20 heavy (non-hydrogen) atoms. The Morgan fingerprint density at radius 2 is 1.70 bits per heavy atom. The highest BCUT2D eigenvalue weighted by Crippen LogP contribution is 2.17. The number of amides is 1. The van der Waals surface area contributed by atoms with Crippen LogP contribution in [0.3, 0.4) is 0 Å². The van der Waals surface area contributed by atoms with Gasteiger partial charge in [0.05, 0.1) is 17.7 Å². The van der Waals surface area contributed by atoms with Crippen LogP contribution < -0.4 is 0 Å². The minimum Gasteiger partial charge on any atom is -0.478 e. The number of carboxylic acid groups (broad SMARTS) is 1. The summed E-state index contributed by atoms with van der Waals surface area (Å²) in [6, 6.07) is 1.05. The number of aliphatic hydroxyl groups is 1. The summed E-state index contributed by atoms with van der Waals surface area (Å²) in [6.07, 6.45) is 0.581. The molecule has 1 amide bonds. The van der Waals surface area contributed by atoms with Crippen LogP contribution in [-0.2, 0) is 0 Å². The van der Waals surface area contributed by atoms with Gasteiger partial charge in [0.1, 0.15) is 0 Å². The van der Waals surface area contributed by atoms with Crippen molar-refractivity contribution in [3.63, 3.8) is 0 Å². The van der Waals surface area contributed by atoms with Crippen LogP contribution in [0.2, 0.25) is 0 Å². The number of hydrogen-bond acceptors (Lipinski definition) is 3. The largest absolute Gasteiger partial charge is 0.478 e. The fraction of sp³-hybridized carbons (Fsp3) is 0.385. The fourth-order valence-corrected chi connectivity index (χ4v) is 1.78. The highest BCUT2D eigenvalue weighted by Gasteiger charge is 2.23. The van der Waals surface area contributed by atoms with Crippen LogP contribution in [0, 0.1) is 11.6 Å². The van der Waals surface area contributed by atoms with Crippen molar-refractivity contribution in [3.05, 3.63) is 34.9 Å². The van der Waals surface area contributed by atoms with E-state index >= 15 is 0 Å². The predicted molar refractivity (Wildman–Crippen MR) is 66.6 cm³/mol. The minimum atomic E-state index is -1.52. The summed E-state index contributed by atoms with van der Waals surface area (Å²) in [6.45, 7) is 1.75. The first-order valence-electron chi connectivity index (χ1n) is 6.04. The first kappa shape index (κ1) is 16.0. The Balaban J connectivity index is 3.25. The second-order valence-corrected chi connectivity index (χ2v) is 4.13. The maximum absolute atomic E-state index is 13.2. The van der Waals surface area contributed by atoms with E-state index in [0.717, 1.165) is 0 Å². The van der Waals surface area contributed by atoms with Crippen LogP contribution in [-0.4, -0.2) is 46.7 Å². The number of benzene rings is 1. The average molecular weight is 287 g/mol. The number of rotatable bonds is 6. The van der Waals surface area contributed by atoms with Crippen molar-refractivity contribution in [1.29, 1.82) is 0 Å². The van der Waals surface area contributed by atoms with Crippen LogP contribution in [0.5, 0.6) is 0 Å². The summed E-state index contributed by atoms with van der Waals surface area (Å²) >= 11 is 0. The topological polar surface area (TPSA) is 77.8 Å². The lowest BCUT2D eigenvalue weighted by Gasteiger charge is -2.22.